The van der Waals surface area contributed by atoms with Crippen molar-refractivity contribution in [2.75, 3.05) is 6.54 Å². The third-order valence-corrected chi connectivity index (χ3v) is 3.73. The van der Waals surface area contributed by atoms with Crippen LogP contribution in [0.15, 0.2) is 36.0 Å². The molecule has 1 amide bonds. The van der Waals surface area contributed by atoms with Crippen molar-refractivity contribution in [1.29, 1.82) is 5.26 Å². The van der Waals surface area contributed by atoms with E-state index in [0.717, 1.165) is 16.3 Å². The minimum atomic E-state index is -0.134. The van der Waals surface area contributed by atoms with Crippen molar-refractivity contribution < 1.29 is 4.79 Å². The molecule has 2 aromatic heterocycles. The number of nitriles is 1. The number of rotatable bonds is 6. The van der Waals surface area contributed by atoms with Crippen molar-refractivity contribution >= 4 is 23.3 Å². The largest absolute Gasteiger partial charge is 0.334 e. The van der Waals surface area contributed by atoms with Gasteiger partial charge in [-0.25, -0.2) is 4.98 Å². The van der Waals surface area contributed by atoms with E-state index in [1.54, 1.807) is 34.7 Å². The molecule has 0 saturated heterocycles. The molecule has 2 aromatic rings. The zero-order valence-corrected chi connectivity index (χ0v) is 13.1. The number of hydrogen-bond donors (Lipinski definition) is 0. The molecule has 0 radical (unpaired) electrons. The molecular formula is C16H16N4OS. The summed E-state index contributed by atoms with van der Waals surface area (Å²) in [7, 11) is 0. The van der Waals surface area contributed by atoms with E-state index in [1.807, 2.05) is 24.4 Å². The minimum Gasteiger partial charge on any atom is -0.334 e. The fraction of sp³-hybridized carbons (Fsp3) is 0.250. The van der Waals surface area contributed by atoms with Gasteiger partial charge in [0, 0.05) is 36.9 Å². The van der Waals surface area contributed by atoms with Crippen LogP contribution in [0.3, 0.4) is 0 Å². The van der Waals surface area contributed by atoms with Crippen LogP contribution in [0.5, 0.6) is 0 Å². The maximum absolute atomic E-state index is 12.3. The van der Waals surface area contributed by atoms with Crippen LogP contribution in [0.4, 0.5) is 0 Å². The third-order valence-electron chi connectivity index (χ3n) is 2.93. The predicted molar refractivity (Wildman–Crippen MR) is 85.8 cm³/mol. The number of aromatic nitrogens is 2. The summed E-state index contributed by atoms with van der Waals surface area (Å²) in [6.45, 7) is 2.75. The smallest absolute Gasteiger partial charge is 0.246 e. The molecule has 2 rings (SSSR count). The molecule has 0 unspecified atom stereocenters. The summed E-state index contributed by atoms with van der Waals surface area (Å²) in [5.74, 6) is -0.134. The lowest BCUT2D eigenvalue weighted by Crippen LogP contribution is -2.29. The minimum absolute atomic E-state index is 0.134. The maximum Gasteiger partial charge on any atom is 0.246 e. The second-order valence-corrected chi connectivity index (χ2v) is 5.72. The Labute approximate surface area is 133 Å². The number of carbonyl (C=O) groups excluding carboxylic acids is 1. The third kappa shape index (κ3) is 4.79. The van der Waals surface area contributed by atoms with Crippen molar-refractivity contribution in [3.05, 3.63) is 52.2 Å². The summed E-state index contributed by atoms with van der Waals surface area (Å²) in [6, 6.07) is 5.81. The zero-order valence-electron chi connectivity index (χ0n) is 12.3. The van der Waals surface area contributed by atoms with E-state index in [4.69, 9.17) is 5.26 Å². The van der Waals surface area contributed by atoms with Crippen LogP contribution in [0, 0.1) is 18.3 Å². The van der Waals surface area contributed by atoms with E-state index in [-0.39, 0.29) is 5.91 Å². The Bertz CT molecular complexity index is 688. The van der Waals surface area contributed by atoms with Gasteiger partial charge in [0.2, 0.25) is 5.91 Å². The molecule has 112 valence electrons. The van der Waals surface area contributed by atoms with Crippen molar-refractivity contribution in [1.82, 2.24) is 14.9 Å². The van der Waals surface area contributed by atoms with Crippen LogP contribution in [0.2, 0.25) is 0 Å². The van der Waals surface area contributed by atoms with Crippen LogP contribution in [-0.4, -0.2) is 27.3 Å². The van der Waals surface area contributed by atoms with Gasteiger partial charge in [-0.3, -0.25) is 9.78 Å². The Balaban J connectivity index is 2.05. The monoisotopic (exact) mass is 312 g/mol. The van der Waals surface area contributed by atoms with E-state index in [1.165, 1.54) is 6.08 Å². The summed E-state index contributed by atoms with van der Waals surface area (Å²) in [6.07, 6.45) is 6.92. The Morgan fingerprint density at radius 2 is 2.41 bits per heavy atom. The van der Waals surface area contributed by atoms with Gasteiger partial charge < -0.3 is 4.90 Å². The first-order valence-electron chi connectivity index (χ1n) is 6.84. The summed E-state index contributed by atoms with van der Waals surface area (Å²) >= 11 is 1.54. The normalized spacial score (nSPS) is 10.5. The van der Waals surface area contributed by atoms with Gasteiger partial charge in [-0.2, -0.15) is 5.26 Å². The van der Waals surface area contributed by atoms with E-state index in [9.17, 15) is 4.79 Å². The average Bonchev–Trinajstić information content (AvgIpc) is 2.95. The van der Waals surface area contributed by atoms with Gasteiger partial charge in [0.25, 0.3) is 0 Å². The highest BCUT2D eigenvalue weighted by Gasteiger charge is 2.11. The molecule has 0 fully saturated rings. The molecule has 0 spiro atoms. The highest BCUT2D eigenvalue weighted by atomic mass is 32.1. The van der Waals surface area contributed by atoms with Gasteiger partial charge in [-0.05, 0) is 24.6 Å². The van der Waals surface area contributed by atoms with Crippen molar-refractivity contribution in [3.63, 3.8) is 0 Å². The average molecular weight is 312 g/mol. The summed E-state index contributed by atoms with van der Waals surface area (Å²) in [5.41, 5.74) is 1.71. The standard InChI is InChI=1S/C16H16N4OS/c1-13-19-15(12-22-13)5-6-16(21)20(9-3-7-17)11-14-4-2-8-18-10-14/h2,4-6,8,10,12H,3,9,11H2,1H3/b6-5+. The van der Waals surface area contributed by atoms with Gasteiger partial charge in [-0.1, -0.05) is 6.07 Å². The summed E-state index contributed by atoms with van der Waals surface area (Å²) in [5, 5.41) is 11.6. The fourth-order valence-electron chi connectivity index (χ4n) is 1.88. The van der Waals surface area contributed by atoms with Gasteiger partial charge in [-0.15, -0.1) is 11.3 Å². The van der Waals surface area contributed by atoms with Crippen molar-refractivity contribution in [2.45, 2.75) is 19.9 Å². The molecule has 0 saturated carbocycles. The Morgan fingerprint density at radius 1 is 1.55 bits per heavy atom. The highest BCUT2D eigenvalue weighted by molar-refractivity contribution is 7.09. The van der Waals surface area contributed by atoms with Crippen LogP contribution < -0.4 is 0 Å². The molecule has 2 heterocycles. The highest BCUT2D eigenvalue weighted by Crippen LogP contribution is 2.10. The van der Waals surface area contributed by atoms with E-state index >= 15 is 0 Å². The molecule has 0 aliphatic rings. The van der Waals surface area contributed by atoms with Gasteiger partial charge in [0.1, 0.15) is 0 Å². The molecule has 22 heavy (non-hydrogen) atoms. The number of amides is 1. The fourth-order valence-corrected chi connectivity index (χ4v) is 2.46. The maximum atomic E-state index is 12.3. The molecule has 0 bridgehead atoms. The first kappa shape index (κ1) is 15.9. The second kappa shape index (κ2) is 8.05. The zero-order chi connectivity index (χ0) is 15.8. The Morgan fingerprint density at radius 3 is 3.05 bits per heavy atom. The Kier molecular flexibility index (Phi) is 5.81. The van der Waals surface area contributed by atoms with Crippen molar-refractivity contribution in [3.8, 4) is 6.07 Å². The van der Waals surface area contributed by atoms with Gasteiger partial charge in [0.15, 0.2) is 0 Å². The van der Waals surface area contributed by atoms with Crippen LogP contribution in [-0.2, 0) is 11.3 Å². The number of hydrogen-bond acceptors (Lipinski definition) is 5. The molecular weight excluding hydrogens is 296 g/mol. The molecule has 5 nitrogen and oxygen atoms in total. The van der Waals surface area contributed by atoms with Crippen molar-refractivity contribution in [2.24, 2.45) is 0 Å². The van der Waals surface area contributed by atoms with Crippen LogP contribution in [0.25, 0.3) is 6.08 Å². The van der Waals surface area contributed by atoms with Crippen LogP contribution >= 0.6 is 11.3 Å². The lowest BCUT2D eigenvalue weighted by Gasteiger charge is -2.19. The first-order chi connectivity index (χ1) is 10.7. The number of aryl methyl sites for hydroxylation is 1. The van der Waals surface area contributed by atoms with Gasteiger partial charge in [0.05, 0.1) is 23.2 Å². The van der Waals surface area contributed by atoms with E-state index in [0.29, 0.717) is 19.5 Å². The molecule has 0 N–H and O–H groups in total. The van der Waals surface area contributed by atoms with Crippen LogP contribution in [0.1, 0.15) is 22.7 Å². The number of carbonyl (C=O) groups is 1. The lowest BCUT2D eigenvalue weighted by atomic mass is 10.2. The SMILES string of the molecule is Cc1nc(/C=C/C(=O)N(CCC#N)Cc2cccnc2)cs1. The number of nitrogens with zero attached hydrogens (tertiary/aromatic N) is 4. The number of pyridine rings is 1. The number of thiazole rings is 1. The summed E-state index contributed by atoms with van der Waals surface area (Å²) < 4.78 is 0. The second-order valence-electron chi connectivity index (χ2n) is 4.65. The molecule has 0 aromatic carbocycles. The Hall–Kier alpha value is -2.52. The molecule has 0 aliphatic heterocycles. The topological polar surface area (TPSA) is 69.9 Å². The molecule has 6 heteroatoms. The van der Waals surface area contributed by atoms with Gasteiger partial charge >= 0.3 is 0 Å². The van der Waals surface area contributed by atoms with E-state index < -0.39 is 0 Å². The first-order valence-corrected chi connectivity index (χ1v) is 7.72. The predicted octanol–water partition coefficient (Wildman–Crippen LogP) is 2.80. The van der Waals surface area contributed by atoms with E-state index in [2.05, 4.69) is 16.0 Å². The molecule has 0 aliphatic carbocycles. The lowest BCUT2D eigenvalue weighted by molar-refractivity contribution is -0.126. The molecule has 0 atom stereocenters. The summed E-state index contributed by atoms with van der Waals surface area (Å²) in [4.78, 5) is 22.3. The quantitative estimate of drug-likeness (QED) is 0.769.